The summed E-state index contributed by atoms with van der Waals surface area (Å²) in [5.74, 6) is 0. The van der Waals surface area contributed by atoms with Crippen LogP contribution in [0.2, 0.25) is 0 Å². The van der Waals surface area contributed by atoms with Gasteiger partial charge in [0.15, 0.2) is 0 Å². The van der Waals surface area contributed by atoms with E-state index >= 15 is 0 Å². The molecule has 0 atom stereocenters. The van der Waals surface area contributed by atoms with Crippen LogP contribution >= 0.6 is 0 Å². The number of hydrogen-bond acceptors (Lipinski definition) is 1. The lowest BCUT2D eigenvalue weighted by molar-refractivity contribution is 1.28. The van der Waals surface area contributed by atoms with Crippen molar-refractivity contribution in [2.45, 2.75) is 13.8 Å². The van der Waals surface area contributed by atoms with Crippen molar-refractivity contribution < 1.29 is 0 Å². The van der Waals surface area contributed by atoms with Crippen molar-refractivity contribution in [1.82, 2.24) is 4.98 Å². The monoisotopic (exact) mass is 209 g/mol. The lowest BCUT2D eigenvalue weighted by Gasteiger charge is -2.04. The van der Waals surface area contributed by atoms with Crippen LogP contribution in [0.25, 0.3) is 16.8 Å². The Labute approximate surface area is 96.5 Å². The third kappa shape index (κ3) is 2.19. The van der Waals surface area contributed by atoms with E-state index in [0.717, 1.165) is 16.8 Å². The molecule has 0 unspecified atom stereocenters. The molecule has 0 aliphatic heterocycles. The summed E-state index contributed by atoms with van der Waals surface area (Å²) in [6.45, 7) is 8.02. The van der Waals surface area contributed by atoms with Gasteiger partial charge in [0.1, 0.15) is 0 Å². The molecule has 0 aliphatic rings. The molecule has 0 spiro atoms. The normalized spacial score (nSPS) is 10.1. The van der Waals surface area contributed by atoms with Crippen molar-refractivity contribution >= 4 is 5.57 Å². The molecule has 2 aromatic rings. The van der Waals surface area contributed by atoms with E-state index in [9.17, 15) is 0 Å². The summed E-state index contributed by atoms with van der Waals surface area (Å²) in [7, 11) is 0. The Morgan fingerprint density at radius 1 is 1.12 bits per heavy atom. The molecule has 2 rings (SSSR count). The van der Waals surface area contributed by atoms with Crippen molar-refractivity contribution in [3.63, 3.8) is 0 Å². The molecule has 0 saturated carbocycles. The van der Waals surface area contributed by atoms with E-state index in [4.69, 9.17) is 0 Å². The summed E-state index contributed by atoms with van der Waals surface area (Å²) in [4.78, 5) is 4.36. The molecule has 80 valence electrons. The quantitative estimate of drug-likeness (QED) is 0.726. The van der Waals surface area contributed by atoms with Crippen LogP contribution in [0.4, 0.5) is 0 Å². The molecule has 0 fully saturated rings. The lowest BCUT2D eigenvalue weighted by Crippen LogP contribution is -1.85. The SMILES string of the molecule is C=C(C)c1ccc(-c2cc(C)ccn2)cc1. The van der Waals surface area contributed by atoms with Crippen LogP contribution in [0, 0.1) is 6.92 Å². The van der Waals surface area contributed by atoms with Crippen molar-refractivity contribution in [1.29, 1.82) is 0 Å². The van der Waals surface area contributed by atoms with Crippen LogP contribution in [0.1, 0.15) is 18.1 Å². The van der Waals surface area contributed by atoms with E-state index in [1.54, 1.807) is 0 Å². The van der Waals surface area contributed by atoms with Gasteiger partial charge < -0.3 is 0 Å². The van der Waals surface area contributed by atoms with Crippen molar-refractivity contribution in [3.8, 4) is 11.3 Å². The largest absolute Gasteiger partial charge is 0.256 e. The number of allylic oxidation sites excluding steroid dienone is 1. The summed E-state index contributed by atoms with van der Waals surface area (Å²) in [6.07, 6.45) is 1.84. The van der Waals surface area contributed by atoms with Crippen LogP contribution in [0.5, 0.6) is 0 Å². The van der Waals surface area contributed by atoms with Gasteiger partial charge in [-0.15, -0.1) is 0 Å². The Morgan fingerprint density at radius 2 is 1.81 bits per heavy atom. The maximum atomic E-state index is 4.36. The van der Waals surface area contributed by atoms with Gasteiger partial charge in [-0.05, 0) is 37.1 Å². The zero-order valence-electron chi connectivity index (χ0n) is 9.70. The molecule has 1 heteroatoms. The summed E-state index contributed by atoms with van der Waals surface area (Å²) in [5.41, 5.74) is 5.66. The summed E-state index contributed by atoms with van der Waals surface area (Å²) in [5, 5.41) is 0. The Balaban J connectivity index is 2.38. The summed E-state index contributed by atoms with van der Waals surface area (Å²) >= 11 is 0. The second-order valence-electron chi connectivity index (χ2n) is 4.08. The molecule has 1 heterocycles. The highest BCUT2D eigenvalue weighted by Gasteiger charge is 1.99. The fourth-order valence-corrected chi connectivity index (χ4v) is 1.62. The number of rotatable bonds is 2. The van der Waals surface area contributed by atoms with Gasteiger partial charge in [-0.1, -0.05) is 36.4 Å². The fourth-order valence-electron chi connectivity index (χ4n) is 1.62. The first-order valence-corrected chi connectivity index (χ1v) is 5.36. The molecule has 0 saturated heterocycles. The molecule has 0 amide bonds. The first-order chi connectivity index (χ1) is 7.66. The number of aromatic nitrogens is 1. The van der Waals surface area contributed by atoms with Crippen LogP contribution in [-0.4, -0.2) is 4.98 Å². The first kappa shape index (κ1) is 10.6. The second kappa shape index (κ2) is 4.31. The summed E-state index contributed by atoms with van der Waals surface area (Å²) < 4.78 is 0. The zero-order valence-corrected chi connectivity index (χ0v) is 9.70. The Kier molecular flexibility index (Phi) is 2.86. The zero-order chi connectivity index (χ0) is 11.5. The molecule has 16 heavy (non-hydrogen) atoms. The molecule has 0 bridgehead atoms. The summed E-state index contributed by atoms with van der Waals surface area (Å²) in [6, 6.07) is 12.4. The highest BCUT2D eigenvalue weighted by atomic mass is 14.7. The third-order valence-electron chi connectivity index (χ3n) is 2.59. The predicted molar refractivity (Wildman–Crippen MR) is 69.1 cm³/mol. The van der Waals surface area contributed by atoms with E-state index in [0.29, 0.717) is 0 Å². The van der Waals surface area contributed by atoms with Crippen molar-refractivity contribution in [2.24, 2.45) is 0 Å². The van der Waals surface area contributed by atoms with Crippen molar-refractivity contribution in [2.75, 3.05) is 0 Å². The van der Waals surface area contributed by atoms with Gasteiger partial charge in [-0.25, -0.2) is 0 Å². The number of pyridine rings is 1. The van der Waals surface area contributed by atoms with E-state index in [-0.39, 0.29) is 0 Å². The van der Waals surface area contributed by atoms with Gasteiger partial charge in [-0.2, -0.15) is 0 Å². The number of aryl methyl sites for hydroxylation is 1. The minimum absolute atomic E-state index is 1.02. The molecule has 0 radical (unpaired) electrons. The van der Waals surface area contributed by atoms with Gasteiger partial charge in [0, 0.05) is 11.8 Å². The lowest BCUT2D eigenvalue weighted by atomic mass is 10.0. The predicted octanol–water partition coefficient (Wildman–Crippen LogP) is 4.09. The number of nitrogens with zero attached hydrogens (tertiary/aromatic N) is 1. The van der Waals surface area contributed by atoms with E-state index in [1.807, 2.05) is 19.2 Å². The molecule has 0 N–H and O–H groups in total. The standard InChI is InChI=1S/C15H15N/c1-11(2)13-4-6-14(7-5-13)15-10-12(3)8-9-16-15/h4-10H,1H2,2-3H3. The molecule has 1 aromatic carbocycles. The maximum absolute atomic E-state index is 4.36. The van der Waals surface area contributed by atoms with Gasteiger partial charge >= 0.3 is 0 Å². The van der Waals surface area contributed by atoms with Crippen LogP contribution in [0.3, 0.4) is 0 Å². The van der Waals surface area contributed by atoms with E-state index in [2.05, 4.69) is 48.8 Å². The second-order valence-corrected chi connectivity index (χ2v) is 4.08. The Bertz CT molecular complexity index is 509. The fraction of sp³-hybridized carbons (Fsp3) is 0.133. The molecular formula is C15H15N. The first-order valence-electron chi connectivity index (χ1n) is 5.36. The van der Waals surface area contributed by atoms with Crippen LogP contribution in [0.15, 0.2) is 49.2 Å². The average Bonchev–Trinajstić information content (AvgIpc) is 2.29. The van der Waals surface area contributed by atoms with Crippen LogP contribution in [-0.2, 0) is 0 Å². The van der Waals surface area contributed by atoms with Gasteiger partial charge in [-0.3, -0.25) is 4.98 Å². The van der Waals surface area contributed by atoms with Gasteiger partial charge in [0.25, 0.3) is 0 Å². The molecule has 1 nitrogen and oxygen atoms in total. The average molecular weight is 209 g/mol. The minimum atomic E-state index is 1.02. The number of benzene rings is 1. The van der Waals surface area contributed by atoms with Gasteiger partial charge in [0.2, 0.25) is 0 Å². The molecular weight excluding hydrogens is 194 g/mol. The Hall–Kier alpha value is -1.89. The highest BCUT2D eigenvalue weighted by molar-refractivity contribution is 5.66. The topological polar surface area (TPSA) is 12.9 Å². The van der Waals surface area contributed by atoms with E-state index in [1.165, 1.54) is 11.1 Å². The minimum Gasteiger partial charge on any atom is -0.256 e. The maximum Gasteiger partial charge on any atom is 0.0704 e. The van der Waals surface area contributed by atoms with Crippen molar-refractivity contribution in [3.05, 3.63) is 60.3 Å². The number of hydrogen-bond donors (Lipinski definition) is 0. The smallest absolute Gasteiger partial charge is 0.0704 e. The third-order valence-corrected chi connectivity index (χ3v) is 2.59. The van der Waals surface area contributed by atoms with Gasteiger partial charge in [0.05, 0.1) is 5.69 Å². The van der Waals surface area contributed by atoms with Crippen LogP contribution < -0.4 is 0 Å². The van der Waals surface area contributed by atoms with E-state index < -0.39 is 0 Å². The molecule has 0 aliphatic carbocycles. The highest BCUT2D eigenvalue weighted by Crippen LogP contribution is 2.20. The molecule has 1 aromatic heterocycles. The Morgan fingerprint density at radius 3 is 2.38 bits per heavy atom.